The third kappa shape index (κ3) is 3.59. The molecule has 0 unspecified atom stereocenters. The van der Waals surface area contributed by atoms with Crippen LogP contribution < -0.4 is 16.0 Å². The van der Waals surface area contributed by atoms with Crippen molar-refractivity contribution in [2.75, 3.05) is 19.6 Å². The zero-order valence-electron chi connectivity index (χ0n) is 6.80. The van der Waals surface area contributed by atoms with Crippen LogP contribution in [0.2, 0.25) is 0 Å². The van der Waals surface area contributed by atoms with Crippen LogP contribution in [-0.4, -0.2) is 31.7 Å². The van der Waals surface area contributed by atoms with Crippen LogP contribution in [0.15, 0.2) is 12.7 Å². The maximum absolute atomic E-state index is 10.9. The summed E-state index contributed by atoms with van der Waals surface area (Å²) in [5.74, 6) is 0. The van der Waals surface area contributed by atoms with Crippen LogP contribution in [0.1, 0.15) is 0 Å². The summed E-state index contributed by atoms with van der Waals surface area (Å²) in [6.45, 7) is 5.76. The number of urea groups is 1. The summed E-state index contributed by atoms with van der Waals surface area (Å²) in [5.41, 5.74) is 0. The molecule has 0 aromatic heterocycles. The number of carbonyl (C=O) groups is 1. The summed E-state index contributed by atoms with van der Waals surface area (Å²) in [6, 6.07) is 0.191. The quantitative estimate of drug-likeness (QED) is 0.545. The largest absolute Gasteiger partial charge is 0.335 e. The first-order valence-electron chi connectivity index (χ1n) is 3.69. The molecule has 1 heterocycles. The Balaban J connectivity index is 0.00000121. The third-order valence-electron chi connectivity index (χ3n) is 1.52. The smallest absolute Gasteiger partial charge is 0.315 e. The van der Waals surface area contributed by atoms with Gasteiger partial charge in [-0.2, -0.15) is 0 Å². The number of rotatable bonds is 3. The summed E-state index contributed by atoms with van der Waals surface area (Å²) in [4.78, 5) is 10.9. The molecule has 0 aromatic rings. The SMILES string of the molecule is C=CCNC(=O)NC1CNC1.Cl. The Morgan fingerprint density at radius 2 is 2.33 bits per heavy atom. The van der Waals surface area contributed by atoms with Gasteiger partial charge in [0.05, 0.1) is 6.04 Å². The molecule has 0 radical (unpaired) electrons. The molecular formula is C7H14ClN3O. The van der Waals surface area contributed by atoms with E-state index in [4.69, 9.17) is 0 Å². The molecule has 1 aliphatic rings. The molecular weight excluding hydrogens is 178 g/mol. The Morgan fingerprint density at radius 1 is 1.67 bits per heavy atom. The lowest BCUT2D eigenvalue weighted by molar-refractivity contribution is 0.232. The van der Waals surface area contributed by atoms with Crippen LogP contribution in [0, 0.1) is 0 Å². The van der Waals surface area contributed by atoms with Gasteiger partial charge in [-0.1, -0.05) is 6.08 Å². The molecule has 0 aromatic carbocycles. The van der Waals surface area contributed by atoms with Gasteiger partial charge in [-0.3, -0.25) is 0 Å². The topological polar surface area (TPSA) is 53.2 Å². The van der Waals surface area contributed by atoms with Crippen molar-refractivity contribution in [2.24, 2.45) is 0 Å². The van der Waals surface area contributed by atoms with E-state index in [9.17, 15) is 4.79 Å². The summed E-state index contributed by atoms with van der Waals surface area (Å²) >= 11 is 0. The number of nitrogens with one attached hydrogen (secondary N) is 3. The van der Waals surface area contributed by atoms with Gasteiger partial charge < -0.3 is 16.0 Å². The number of halogens is 1. The van der Waals surface area contributed by atoms with Crippen molar-refractivity contribution in [3.8, 4) is 0 Å². The standard InChI is InChI=1S/C7H13N3O.ClH/c1-2-3-9-7(11)10-6-4-8-5-6;/h2,6,8H,1,3-5H2,(H2,9,10,11);1H. The van der Waals surface area contributed by atoms with E-state index in [2.05, 4.69) is 22.5 Å². The Labute approximate surface area is 78.2 Å². The predicted octanol–water partition coefficient (Wildman–Crippen LogP) is -0.135. The van der Waals surface area contributed by atoms with Gasteiger partial charge in [0.25, 0.3) is 0 Å². The van der Waals surface area contributed by atoms with Crippen molar-refractivity contribution in [2.45, 2.75) is 6.04 Å². The second-order valence-electron chi connectivity index (χ2n) is 2.50. The normalized spacial score (nSPS) is 15.3. The molecule has 1 aliphatic heterocycles. The number of amides is 2. The highest BCUT2D eigenvalue weighted by atomic mass is 35.5. The molecule has 1 fully saturated rings. The van der Waals surface area contributed by atoms with E-state index in [1.54, 1.807) is 6.08 Å². The average molecular weight is 192 g/mol. The number of hydrogen-bond acceptors (Lipinski definition) is 2. The van der Waals surface area contributed by atoms with Gasteiger partial charge in [0, 0.05) is 19.6 Å². The van der Waals surface area contributed by atoms with E-state index >= 15 is 0 Å². The minimum Gasteiger partial charge on any atom is -0.335 e. The summed E-state index contributed by atoms with van der Waals surface area (Å²) < 4.78 is 0. The maximum Gasteiger partial charge on any atom is 0.315 e. The highest BCUT2D eigenvalue weighted by molar-refractivity contribution is 5.85. The Hall–Kier alpha value is -0.740. The lowest BCUT2D eigenvalue weighted by Gasteiger charge is -2.27. The zero-order valence-corrected chi connectivity index (χ0v) is 7.62. The number of hydrogen-bond donors (Lipinski definition) is 3. The van der Waals surface area contributed by atoms with Crippen molar-refractivity contribution in [3.63, 3.8) is 0 Å². The maximum atomic E-state index is 10.9. The first kappa shape index (κ1) is 11.3. The average Bonchev–Trinajstić information content (AvgIpc) is 1.93. The van der Waals surface area contributed by atoms with Gasteiger partial charge in [0.15, 0.2) is 0 Å². The van der Waals surface area contributed by atoms with Crippen LogP contribution in [0.3, 0.4) is 0 Å². The second-order valence-corrected chi connectivity index (χ2v) is 2.50. The summed E-state index contributed by atoms with van der Waals surface area (Å²) in [5, 5.41) is 8.49. The van der Waals surface area contributed by atoms with E-state index in [1.807, 2.05) is 0 Å². The molecule has 0 bridgehead atoms. The van der Waals surface area contributed by atoms with Crippen molar-refractivity contribution >= 4 is 18.4 Å². The third-order valence-corrected chi connectivity index (χ3v) is 1.52. The molecule has 3 N–H and O–H groups in total. The van der Waals surface area contributed by atoms with E-state index in [0.717, 1.165) is 13.1 Å². The molecule has 0 spiro atoms. The highest BCUT2D eigenvalue weighted by Gasteiger charge is 2.17. The first-order valence-corrected chi connectivity index (χ1v) is 3.69. The zero-order chi connectivity index (χ0) is 8.10. The summed E-state index contributed by atoms with van der Waals surface area (Å²) in [6.07, 6.45) is 1.65. The monoisotopic (exact) mass is 191 g/mol. The molecule has 12 heavy (non-hydrogen) atoms. The van der Waals surface area contributed by atoms with E-state index in [1.165, 1.54) is 0 Å². The van der Waals surface area contributed by atoms with Crippen molar-refractivity contribution < 1.29 is 4.79 Å². The van der Waals surface area contributed by atoms with Crippen molar-refractivity contribution in [3.05, 3.63) is 12.7 Å². The van der Waals surface area contributed by atoms with Crippen LogP contribution in [0.5, 0.6) is 0 Å². The predicted molar refractivity (Wildman–Crippen MR) is 50.6 cm³/mol. The molecule has 70 valence electrons. The van der Waals surface area contributed by atoms with Crippen LogP contribution in [0.25, 0.3) is 0 Å². The van der Waals surface area contributed by atoms with Gasteiger partial charge >= 0.3 is 6.03 Å². The van der Waals surface area contributed by atoms with Gasteiger partial charge in [-0.15, -0.1) is 19.0 Å². The van der Waals surface area contributed by atoms with Crippen LogP contribution in [-0.2, 0) is 0 Å². The fourth-order valence-corrected chi connectivity index (χ4v) is 0.792. The van der Waals surface area contributed by atoms with Gasteiger partial charge in [0.2, 0.25) is 0 Å². The lowest BCUT2D eigenvalue weighted by Crippen LogP contribution is -2.58. The van der Waals surface area contributed by atoms with Crippen LogP contribution in [0.4, 0.5) is 4.79 Å². The lowest BCUT2D eigenvalue weighted by atomic mass is 10.2. The van der Waals surface area contributed by atoms with E-state index in [-0.39, 0.29) is 18.4 Å². The molecule has 0 atom stereocenters. The summed E-state index contributed by atoms with van der Waals surface area (Å²) in [7, 11) is 0. The second kappa shape index (κ2) is 5.85. The Kier molecular flexibility index (Phi) is 5.49. The molecule has 1 saturated heterocycles. The molecule has 0 saturated carbocycles. The molecule has 1 rings (SSSR count). The van der Waals surface area contributed by atoms with E-state index < -0.39 is 0 Å². The van der Waals surface area contributed by atoms with E-state index in [0.29, 0.717) is 12.6 Å². The molecule has 4 nitrogen and oxygen atoms in total. The Bertz CT molecular complexity index is 159. The van der Waals surface area contributed by atoms with Gasteiger partial charge in [0.1, 0.15) is 0 Å². The Morgan fingerprint density at radius 3 is 2.75 bits per heavy atom. The molecule has 2 amide bonds. The van der Waals surface area contributed by atoms with Crippen LogP contribution >= 0.6 is 12.4 Å². The fourth-order valence-electron chi connectivity index (χ4n) is 0.792. The van der Waals surface area contributed by atoms with Crippen molar-refractivity contribution in [1.82, 2.24) is 16.0 Å². The first-order chi connectivity index (χ1) is 5.33. The minimum atomic E-state index is -0.114. The molecule has 0 aliphatic carbocycles. The molecule has 5 heteroatoms. The minimum absolute atomic E-state index is 0. The highest BCUT2D eigenvalue weighted by Crippen LogP contribution is 1.88. The van der Waals surface area contributed by atoms with Gasteiger partial charge in [-0.05, 0) is 0 Å². The number of carbonyl (C=O) groups excluding carboxylic acids is 1. The van der Waals surface area contributed by atoms with Gasteiger partial charge in [-0.25, -0.2) is 4.79 Å². The van der Waals surface area contributed by atoms with Crippen molar-refractivity contribution in [1.29, 1.82) is 0 Å². The fraction of sp³-hybridized carbons (Fsp3) is 0.571.